The van der Waals surface area contributed by atoms with Crippen molar-refractivity contribution in [2.45, 2.75) is 31.7 Å². The lowest BCUT2D eigenvalue weighted by Crippen LogP contribution is -2.38. The molecule has 0 spiro atoms. The van der Waals surface area contributed by atoms with Crippen LogP contribution in [0.3, 0.4) is 0 Å². The van der Waals surface area contributed by atoms with Crippen LogP contribution < -0.4 is 5.73 Å². The number of aliphatic hydroxyl groups excluding tert-OH is 2. The molecule has 0 unspecified atom stereocenters. The third-order valence-corrected chi connectivity index (χ3v) is 2.76. The van der Waals surface area contributed by atoms with Crippen molar-refractivity contribution in [3.05, 3.63) is 0 Å². The smallest absolute Gasteiger partial charge is 0.0509 e. The standard InChI is InChI=1S/C8H17NO2.ClH/c9-7-1-3-8(5-10,6-11)4-2-7;/h7,10-11H,1-6,9H2;1H. The molecule has 74 valence electrons. The molecule has 1 rings (SSSR count). The second-order valence-electron chi connectivity index (χ2n) is 3.65. The minimum absolute atomic E-state index is 0. The highest BCUT2D eigenvalue weighted by molar-refractivity contribution is 5.85. The summed E-state index contributed by atoms with van der Waals surface area (Å²) < 4.78 is 0. The van der Waals surface area contributed by atoms with Crippen LogP contribution in [0.15, 0.2) is 0 Å². The fraction of sp³-hybridized carbons (Fsp3) is 1.00. The van der Waals surface area contributed by atoms with Gasteiger partial charge in [0.1, 0.15) is 0 Å². The van der Waals surface area contributed by atoms with Crippen LogP contribution >= 0.6 is 12.4 Å². The quantitative estimate of drug-likeness (QED) is 0.593. The highest BCUT2D eigenvalue weighted by atomic mass is 35.5. The number of rotatable bonds is 2. The Balaban J connectivity index is 0.00000121. The monoisotopic (exact) mass is 195 g/mol. The second kappa shape index (κ2) is 5.02. The van der Waals surface area contributed by atoms with E-state index in [1.54, 1.807) is 0 Å². The molecule has 0 bridgehead atoms. The van der Waals surface area contributed by atoms with Crippen molar-refractivity contribution in [3.63, 3.8) is 0 Å². The van der Waals surface area contributed by atoms with Crippen molar-refractivity contribution in [1.29, 1.82) is 0 Å². The van der Waals surface area contributed by atoms with Crippen molar-refractivity contribution in [1.82, 2.24) is 0 Å². The Kier molecular flexibility index (Phi) is 5.09. The molecule has 12 heavy (non-hydrogen) atoms. The molecule has 0 atom stereocenters. The molecule has 1 aliphatic carbocycles. The second-order valence-corrected chi connectivity index (χ2v) is 3.65. The van der Waals surface area contributed by atoms with Crippen molar-refractivity contribution in [2.24, 2.45) is 11.1 Å². The number of hydrogen-bond acceptors (Lipinski definition) is 3. The normalized spacial score (nSPS) is 23.2. The average Bonchev–Trinajstić information content (AvgIpc) is 2.07. The molecular formula is C8H18ClNO2. The molecule has 1 aliphatic rings. The fourth-order valence-electron chi connectivity index (χ4n) is 1.62. The van der Waals surface area contributed by atoms with E-state index < -0.39 is 0 Å². The maximum atomic E-state index is 9.03. The van der Waals surface area contributed by atoms with Gasteiger partial charge in [0.05, 0.1) is 13.2 Å². The Labute approximate surface area is 79.4 Å². The lowest BCUT2D eigenvalue weighted by atomic mass is 9.74. The Morgan fingerprint density at radius 2 is 1.58 bits per heavy atom. The van der Waals surface area contributed by atoms with Crippen molar-refractivity contribution in [3.8, 4) is 0 Å². The number of hydrogen-bond donors (Lipinski definition) is 3. The first-order chi connectivity index (χ1) is 5.22. The van der Waals surface area contributed by atoms with E-state index in [4.69, 9.17) is 15.9 Å². The summed E-state index contributed by atoms with van der Waals surface area (Å²) >= 11 is 0. The maximum absolute atomic E-state index is 9.03. The molecule has 1 fully saturated rings. The van der Waals surface area contributed by atoms with E-state index in [0.717, 1.165) is 25.7 Å². The average molecular weight is 196 g/mol. The predicted octanol–water partition coefficient (Wildman–Crippen LogP) is 0.281. The van der Waals surface area contributed by atoms with Gasteiger partial charge in [-0.1, -0.05) is 0 Å². The van der Waals surface area contributed by atoms with E-state index in [0.29, 0.717) is 0 Å². The predicted molar refractivity (Wildman–Crippen MR) is 50.3 cm³/mol. The number of nitrogens with two attached hydrogens (primary N) is 1. The van der Waals surface area contributed by atoms with E-state index >= 15 is 0 Å². The summed E-state index contributed by atoms with van der Waals surface area (Å²) in [5.41, 5.74) is 5.48. The van der Waals surface area contributed by atoms with E-state index in [1.165, 1.54) is 0 Å². The topological polar surface area (TPSA) is 66.5 Å². The zero-order chi connectivity index (χ0) is 8.32. The van der Waals surface area contributed by atoms with Crippen molar-refractivity contribution < 1.29 is 10.2 Å². The zero-order valence-electron chi connectivity index (χ0n) is 7.20. The lowest BCUT2D eigenvalue weighted by Gasteiger charge is -2.36. The molecule has 0 saturated heterocycles. The number of halogens is 1. The molecule has 0 amide bonds. The molecule has 0 heterocycles. The van der Waals surface area contributed by atoms with Gasteiger partial charge >= 0.3 is 0 Å². The van der Waals surface area contributed by atoms with Crippen LogP contribution in [-0.4, -0.2) is 29.5 Å². The summed E-state index contributed by atoms with van der Waals surface area (Å²) in [6, 6.07) is 0.279. The molecule has 0 aromatic carbocycles. The molecular weight excluding hydrogens is 178 g/mol. The minimum Gasteiger partial charge on any atom is -0.396 e. The van der Waals surface area contributed by atoms with Crippen molar-refractivity contribution >= 4 is 12.4 Å². The van der Waals surface area contributed by atoms with Gasteiger partial charge in [-0.05, 0) is 25.7 Å². The highest BCUT2D eigenvalue weighted by Crippen LogP contribution is 2.34. The van der Waals surface area contributed by atoms with E-state index in [1.807, 2.05) is 0 Å². The summed E-state index contributed by atoms with van der Waals surface area (Å²) in [6.07, 6.45) is 3.59. The largest absolute Gasteiger partial charge is 0.396 e. The molecule has 1 saturated carbocycles. The first kappa shape index (κ1) is 12.2. The zero-order valence-corrected chi connectivity index (χ0v) is 8.02. The fourth-order valence-corrected chi connectivity index (χ4v) is 1.62. The molecule has 0 radical (unpaired) electrons. The Morgan fingerprint density at radius 3 is 1.92 bits per heavy atom. The molecule has 3 nitrogen and oxygen atoms in total. The summed E-state index contributed by atoms with van der Waals surface area (Å²) in [7, 11) is 0. The van der Waals surface area contributed by atoms with Gasteiger partial charge in [-0.25, -0.2) is 0 Å². The van der Waals surface area contributed by atoms with Gasteiger partial charge in [-0.3, -0.25) is 0 Å². The Bertz CT molecular complexity index is 118. The summed E-state index contributed by atoms with van der Waals surface area (Å²) in [6.45, 7) is 0.187. The van der Waals surface area contributed by atoms with Gasteiger partial charge in [-0.2, -0.15) is 0 Å². The van der Waals surface area contributed by atoms with Crippen LogP contribution in [0.25, 0.3) is 0 Å². The Hall–Kier alpha value is 0.170. The summed E-state index contributed by atoms with van der Waals surface area (Å²) in [4.78, 5) is 0. The van der Waals surface area contributed by atoms with Gasteiger partial charge in [0.25, 0.3) is 0 Å². The van der Waals surface area contributed by atoms with Gasteiger partial charge < -0.3 is 15.9 Å². The van der Waals surface area contributed by atoms with E-state index in [2.05, 4.69) is 0 Å². The van der Waals surface area contributed by atoms with Crippen LogP contribution in [0.2, 0.25) is 0 Å². The van der Waals surface area contributed by atoms with Crippen molar-refractivity contribution in [2.75, 3.05) is 13.2 Å². The Morgan fingerprint density at radius 1 is 1.17 bits per heavy atom. The van der Waals surface area contributed by atoms with Crippen LogP contribution in [0.1, 0.15) is 25.7 Å². The third kappa shape index (κ3) is 2.59. The van der Waals surface area contributed by atoms with Crippen LogP contribution in [0.5, 0.6) is 0 Å². The first-order valence-corrected chi connectivity index (χ1v) is 4.20. The molecule has 0 aromatic rings. The van der Waals surface area contributed by atoms with Crippen LogP contribution in [0.4, 0.5) is 0 Å². The molecule has 4 heteroatoms. The summed E-state index contributed by atoms with van der Waals surface area (Å²) in [5, 5.41) is 18.1. The van der Waals surface area contributed by atoms with Crippen LogP contribution in [-0.2, 0) is 0 Å². The molecule has 0 aliphatic heterocycles. The van der Waals surface area contributed by atoms with Gasteiger partial charge in [-0.15, -0.1) is 12.4 Å². The highest BCUT2D eigenvalue weighted by Gasteiger charge is 2.32. The number of aliphatic hydroxyl groups is 2. The van der Waals surface area contributed by atoms with E-state index in [9.17, 15) is 0 Å². The minimum atomic E-state index is -0.226. The lowest BCUT2D eigenvalue weighted by molar-refractivity contribution is 0.0195. The molecule has 0 aromatic heterocycles. The van der Waals surface area contributed by atoms with Gasteiger partial charge in [0.2, 0.25) is 0 Å². The first-order valence-electron chi connectivity index (χ1n) is 4.20. The summed E-state index contributed by atoms with van der Waals surface area (Å²) in [5.74, 6) is 0. The third-order valence-electron chi connectivity index (χ3n) is 2.76. The van der Waals surface area contributed by atoms with Gasteiger partial charge in [0.15, 0.2) is 0 Å². The maximum Gasteiger partial charge on any atom is 0.0509 e. The van der Waals surface area contributed by atoms with Crippen LogP contribution in [0, 0.1) is 5.41 Å². The molecule has 4 N–H and O–H groups in total. The van der Waals surface area contributed by atoms with E-state index in [-0.39, 0.29) is 37.1 Å². The van der Waals surface area contributed by atoms with Gasteiger partial charge in [0, 0.05) is 11.5 Å². The SMILES string of the molecule is Cl.NC1CCC(CO)(CO)CC1.